The van der Waals surface area contributed by atoms with Crippen LogP contribution in [0.5, 0.6) is 0 Å². The fraction of sp³-hybridized carbons (Fsp3) is 0.467. The SMILES string of the molecule is CCc1nn(CC)c(CC(NN)c2cccc(C)n2)c1Cl. The van der Waals surface area contributed by atoms with Crippen molar-refractivity contribution >= 4 is 11.6 Å². The van der Waals surface area contributed by atoms with Gasteiger partial charge in [0.15, 0.2) is 0 Å². The summed E-state index contributed by atoms with van der Waals surface area (Å²) in [5, 5.41) is 5.28. The van der Waals surface area contributed by atoms with Crippen LogP contribution in [0.15, 0.2) is 18.2 Å². The van der Waals surface area contributed by atoms with Crippen molar-refractivity contribution in [1.29, 1.82) is 0 Å². The molecule has 2 rings (SSSR count). The molecule has 0 bridgehead atoms. The van der Waals surface area contributed by atoms with Crippen molar-refractivity contribution in [3.05, 3.63) is 46.0 Å². The van der Waals surface area contributed by atoms with Crippen molar-refractivity contribution in [3.63, 3.8) is 0 Å². The first kappa shape index (κ1) is 15.9. The number of halogens is 1. The van der Waals surface area contributed by atoms with E-state index in [4.69, 9.17) is 17.4 Å². The van der Waals surface area contributed by atoms with E-state index in [1.807, 2.05) is 29.8 Å². The fourth-order valence-electron chi connectivity index (χ4n) is 2.41. The minimum absolute atomic E-state index is 0.0888. The molecule has 2 aromatic heterocycles. The molecular weight excluding hydrogens is 286 g/mol. The smallest absolute Gasteiger partial charge is 0.0850 e. The number of hydrogen-bond acceptors (Lipinski definition) is 4. The number of nitrogens with two attached hydrogens (primary N) is 1. The van der Waals surface area contributed by atoms with Crippen LogP contribution in [0.25, 0.3) is 0 Å². The van der Waals surface area contributed by atoms with Crippen LogP contribution in [0.2, 0.25) is 5.02 Å². The van der Waals surface area contributed by atoms with Gasteiger partial charge >= 0.3 is 0 Å². The van der Waals surface area contributed by atoms with Gasteiger partial charge in [-0.2, -0.15) is 5.10 Å². The molecule has 1 atom stereocenters. The summed E-state index contributed by atoms with van der Waals surface area (Å²) in [6.45, 7) is 6.87. The Morgan fingerprint density at radius 1 is 1.38 bits per heavy atom. The second-order valence-corrected chi connectivity index (χ2v) is 5.38. The Morgan fingerprint density at radius 2 is 2.14 bits per heavy atom. The molecule has 0 saturated carbocycles. The van der Waals surface area contributed by atoms with Crippen LogP contribution >= 0.6 is 11.6 Å². The van der Waals surface area contributed by atoms with E-state index in [1.54, 1.807) is 0 Å². The molecule has 0 saturated heterocycles. The molecule has 2 aromatic rings. The third-order valence-corrected chi connectivity index (χ3v) is 4.00. The lowest BCUT2D eigenvalue weighted by atomic mass is 10.1. The predicted octanol–water partition coefficient (Wildman–Crippen LogP) is 2.57. The Hall–Kier alpha value is -1.43. The second-order valence-electron chi connectivity index (χ2n) is 5.00. The highest BCUT2D eigenvalue weighted by Gasteiger charge is 2.20. The van der Waals surface area contributed by atoms with Crippen LogP contribution in [-0.4, -0.2) is 14.8 Å². The van der Waals surface area contributed by atoms with Crippen LogP contribution in [0.3, 0.4) is 0 Å². The minimum atomic E-state index is -0.0888. The number of hydrazine groups is 1. The minimum Gasteiger partial charge on any atom is -0.271 e. The zero-order valence-corrected chi connectivity index (χ0v) is 13.5. The van der Waals surface area contributed by atoms with Gasteiger partial charge in [0.1, 0.15) is 0 Å². The Labute approximate surface area is 130 Å². The number of aryl methyl sites for hydroxylation is 3. The Bertz CT molecular complexity index is 608. The maximum absolute atomic E-state index is 6.46. The zero-order valence-electron chi connectivity index (χ0n) is 12.7. The molecule has 0 amide bonds. The van der Waals surface area contributed by atoms with Gasteiger partial charge in [-0.1, -0.05) is 24.6 Å². The number of rotatable bonds is 6. The molecule has 114 valence electrons. The average molecular weight is 308 g/mol. The summed E-state index contributed by atoms with van der Waals surface area (Å²) >= 11 is 6.46. The molecule has 2 heterocycles. The van der Waals surface area contributed by atoms with E-state index in [1.165, 1.54) is 0 Å². The van der Waals surface area contributed by atoms with Crippen LogP contribution in [0.1, 0.15) is 42.7 Å². The molecule has 5 nitrogen and oxygen atoms in total. The van der Waals surface area contributed by atoms with E-state index in [-0.39, 0.29) is 6.04 Å². The molecule has 6 heteroatoms. The van der Waals surface area contributed by atoms with E-state index >= 15 is 0 Å². The van der Waals surface area contributed by atoms with Gasteiger partial charge in [-0.15, -0.1) is 0 Å². The van der Waals surface area contributed by atoms with Crippen LogP contribution < -0.4 is 11.3 Å². The highest BCUT2D eigenvalue weighted by atomic mass is 35.5. The van der Waals surface area contributed by atoms with Crippen molar-refractivity contribution in [2.24, 2.45) is 5.84 Å². The number of hydrogen-bond donors (Lipinski definition) is 2. The number of nitrogens with one attached hydrogen (secondary N) is 1. The molecule has 0 aliphatic rings. The van der Waals surface area contributed by atoms with Gasteiger partial charge in [0.05, 0.1) is 28.1 Å². The van der Waals surface area contributed by atoms with Gasteiger partial charge in [-0.05, 0) is 32.4 Å². The van der Waals surface area contributed by atoms with Gasteiger partial charge in [0.2, 0.25) is 0 Å². The van der Waals surface area contributed by atoms with Gasteiger partial charge in [0.25, 0.3) is 0 Å². The fourth-order valence-corrected chi connectivity index (χ4v) is 2.76. The summed E-state index contributed by atoms with van der Waals surface area (Å²) in [7, 11) is 0. The molecule has 0 aliphatic heterocycles. The van der Waals surface area contributed by atoms with Crippen LogP contribution in [-0.2, 0) is 19.4 Å². The molecule has 0 aliphatic carbocycles. The van der Waals surface area contributed by atoms with Crippen molar-refractivity contribution in [3.8, 4) is 0 Å². The maximum Gasteiger partial charge on any atom is 0.0850 e. The summed E-state index contributed by atoms with van der Waals surface area (Å²) < 4.78 is 1.95. The quantitative estimate of drug-likeness (QED) is 0.636. The largest absolute Gasteiger partial charge is 0.271 e. The maximum atomic E-state index is 6.46. The lowest BCUT2D eigenvalue weighted by Gasteiger charge is -2.16. The van der Waals surface area contributed by atoms with Crippen molar-refractivity contribution in [2.45, 2.75) is 46.2 Å². The first-order valence-electron chi connectivity index (χ1n) is 7.24. The molecule has 1 unspecified atom stereocenters. The van der Waals surface area contributed by atoms with Crippen LogP contribution in [0.4, 0.5) is 0 Å². The molecule has 0 fully saturated rings. The molecule has 0 aromatic carbocycles. The van der Waals surface area contributed by atoms with Crippen LogP contribution in [0, 0.1) is 6.92 Å². The summed E-state index contributed by atoms with van der Waals surface area (Å²) in [5.41, 5.74) is 6.65. The van der Waals surface area contributed by atoms with E-state index < -0.39 is 0 Å². The number of pyridine rings is 1. The topological polar surface area (TPSA) is 68.8 Å². The third kappa shape index (κ3) is 3.43. The summed E-state index contributed by atoms with van der Waals surface area (Å²) in [5.74, 6) is 5.72. The molecule has 0 spiro atoms. The zero-order chi connectivity index (χ0) is 15.4. The van der Waals surface area contributed by atoms with E-state index in [0.717, 1.165) is 40.8 Å². The summed E-state index contributed by atoms with van der Waals surface area (Å²) in [6.07, 6.45) is 1.48. The van der Waals surface area contributed by atoms with Gasteiger partial charge in [-0.3, -0.25) is 20.9 Å². The Kier molecular flexibility index (Phi) is 5.33. The van der Waals surface area contributed by atoms with Gasteiger partial charge in [0, 0.05) is 18.7 Å². The first-order chi connectivity index (χ1) is 10.1. The number of nitrogens with zero attached hydrogens (tertiary/aromatic N) is 3. The first-order valence-corrected chi connectivity index (χ1v) is 7.62. The van der Waals surface area contributed by atoms with Crippen molar-refractivity contribution < 1.29 is 0 Å². The lowest BCUT2D eigenvalue weighted by Crippen LogP contribution is -2.31. The standard InChI is InChI=1S/C15H22ClN5/c1-4-11-15(16)14(21(5-2)20-11)9-13(19-17)12-8-6-7-10(3)18-12/h6-8,13,19H,4-5,9,17H2,1-3H3. The predicted molar refractivity (Wildman–Crippen MR) is 85.0 cm³/mol. The lowest BCUT2D eigenvalue weighted by molar-refractivity contribution is 0.506. The van der Waals surface area contributed by atoms with E-state index in [2.05, 4.69) is 29.4 Å². The van der Waals surface area contributed by atoms with Gasteiger partial charge < -0.3 is 0 Å². The Balaban J connectivity index is 2.32. The average Bonchev–Trinajstić information content (AvgIpc) is 2.80. The normalized spacial score (nSPS) is 12.6. The Morgan fingerprint density at radius 3 is 2.71 bits per heavy atom. The summed E-state index contributed by atoms with van der Waals surface area (Å²) in [6, 6.07) is 5.83. The summed E-state index contributed by atoms with van der Waals surface area (Å²) in [4.78, 5) is 4.54. The number of aromatic nitrogens is 3. The molecule has 3 N–H and O–H groups in total. The highest BCUT2D eigenvalue weighted by Crippen LogP contribution is 2.26. The second kappa shape index (κ2) is 7.02. The van der Waals surface area contributed by atoms with Crippen molar-refractivity contribution in [1.82, 2.24) is 20.2 Å². The monoisotopic (exact) mass is 307 g/mol. The third-order valence-electron chi connectivity index (χ3n) is 3.56. The highest BCUT2D eigenvalue weighted by molar-refractivity contribution is 6.31. The molecular formula is C15H22ClN5. The molecule has 21 heavy (non-hydrogen) atoms. The van der Waals surface area contributed by atoms with Gasteiger partial charge in [-0.25, -0.2) is 0 Å². The van der Waals surface area contributed by atoms with E-state index in [0.29, 0.717) is 6.42 Å². The van der Waals surface area contributed by atoms with Crippen molar-refractivity contribution in [2.75, 3.05) is 0 Å². The van der Waals surface area contributed by atoms with E-state index in [9.17, 15) is 0 Å². The molecule has 0 radical (unpaired) electrons.